The summed E-state index contributed by atoms with van der Waals surface area (Å²) in [6.45, 7) is 3.18. The van der Waals surface area contributed by atoms with E-state index >= 15 is 0 Å². The molecule has 6 rings (SSSR count). The summed E-state index contributed by atoms with van der Waals surface area (Å²) in [7, 11) is 1.74. The summed E-state index contributed by atoms with van der Waals surface area (Å²) < 4.78 is 12.1. The van der Waals surface area contributed by atoms with Crippen molar-refractivity contribution in [1.29, 1.82) is 0 Å². The van der Waals surface area contributed by atoms with Crippen molar-refractivity contribution in [3.05, 3.63) is 69.3 Å². The van der Waals surface area contributed by atoms with Gasteiger partial charge in [-0.25, -0.2) is 0 Å². The Labute approximate surface area is 194 Å². The van der Waals surface area contributed by atoms with Gasteiger partial charge in [0.1, 0.15) is 11.9 Å². The first-order valence-electron chi connectivity index (χ1n) is 12.1. The Kier molecular flexibility index (Phi) is 4.75. The largest absolute Gasteiger partial charge is 0.497 e. The third-order valence-corrected chi connectivity index (χ3v) is 9.02. The molecule has 0 radical (unpaired) electrons. The maximum absolute atomic E-state index is 11.2. The standard InChI is InChI=1S/C27H30N2O4/c1-27-11-10-22-21-9-7-20(32-2)13-16(21)6-8-23(22)24(27)14-18-15-28-26(33-25(18)27)17-4-3-5-19(12-17)29(30)31/h3-5,7,9,12-13,18,22-25H,6,8,10-11,14-15H2,1-2H3/t18-,22-,23-,24+,25+,27+/m1/s1. The Morgan fingerprint density at radius 2 is 2.09 bits per heavy atom. The molecule has 4 aliphatic rings. The predicted octanol–water partition coefficient (Wildman–Crippen LogP) is 5.53. The monoisotopic (exact) mass is 446 g/mol. The molecular formula is C27H30N2O4. The molecule has 0 unspecified atom stereocenters. The molecule has 0 saturated heterocycles. The van der Waals surface area contributed by atoms with E-state index in [9.17, 15) is 10.1 Å². The lowest BCUT2D eigenvalue weighted by molar-refractivity contribution is -0.384. The zero-order valence-electron chi connectivity index (χ0n) is 19.2. The van der Waals surface area contributed by atoms with Crippen LogP contribution >= 0.6 is 0 Å². The van der Waals surface area contributed by atoms with E-state index in [1.54, 1.807) is 19.2 Å². The first-order chi connectivity index (χ1) is 16.0. The molecule has 0 amide bonds. The number of aryl methyl sites for hydroxylation is 1. The minimum atomic E-state index is -0.361. The summed E-state index contributed by atoms with van der Waals surface area (Å²) in [5.41, 5.74) is 3.90. The zero-order valence-corrected chi connectivity index (χ0v) is 19.2. The van der Waals surface area contributed by atoms with Gasteiger partial charge in [0.05, 0.1) is 12.0 Å². The van der Waals surface area contributed by atoms with Crippen LogP contribution in [0.25, 0.3) is 0 Å². The van der Waals surface area contributed by atoms with Crippen LogP contribution in [0.1, 0.15) is 55.2 Å². The number of benzene rings is 2. The second-order valence-corrected chi connectivity index (χ2v) is 10.5. The molecule has 2 aromatic carbocycles. The number of aliphatic imine (C=N–C) groups is 1. The minimum Gasteiger partial charge on any atom is -0.497 e. The Balaban J connectivity index is 1.27. The van der Waals surface area contributed by atoms with Crippen LogP contribution in [0.3, 0.4) is 0 Å². The summed E-state index contributed by atoms with van der Waals surface area (Å²) in [4.78, 5) is 15.6. The van der Waals surface area contributed by atoms with Crippen LogP contribution in [-0.4, -0.2) is 30.6 Å². The van der Waals surface area contributed by atoms with Gasteiger partial charge >= 0.3 is 0 Å². The van der Waals surface area contributed by atoms with Crippen molar-refractivity contribution in [3.8, 4) is 5.75 Å². The molecular weight excluding hydrogens is 416 g/mol. The summed E-state index contributed by atoms with van der Waals surface area (Å²) in [6.07, 6.45) is 5.97. The van der Waals surface area contributed by atoms with Crippen molar-refractivity contribution in [2.75, 3.05) is 13.7 Å². The third kappa shape index (κ3) is 3.17. The van der Waals surface area contributed by atoms with Gasteiger partial charge in [0, 0.05) is 35.6 Å². The number of nitrogens with zero attached hydrogens (tertiary/aromatic N) is 2. The van der Waals surface area contributed by atoms with E-state index in [1.165, 1.54) is 36.5 Å². The summed E-state index contributed by atoms with van der Waals surface area (Å²) in [5.74, 6) is 3.89. The molecule has 172 valence electrons. The molecule has 1 heterocycles. The molecule has 2 saturated carbocycles. The minimum absolute atomic E-state index is 0.0782. The molecule has 3 aliphatic carbocycles. The summed E-state index contributed by atoms with van der Waals surface area (Å²) in [6, 6.07) is 13.3. The van der Waals surface area contributed by atoms with E-state index in [0.717, 1.165) is 25.1 Å². The van der Waals surface area contributed by atoms with Gasteiger partial charge in [0.2, 0.25) is 5.90 Å². The van der Waals surface area contributed by atoms with Gasteiger partial charge in [0.25, 0.3) is 5.69 Å². The van der Waals surface area contributed by atoms with Gasteiger partial charge in [0.15, 0.2) is 0 Å². The fourth-order valence-electron chi connectivity index (χ4n) is 7.49. The molecule has 0 spiro atoms. The molecule has 1 aliphatic heterocycles. The van der Waals surface area contributed by atoms with Crippen LogP contribution in [0.4, 0.5) is 5.69 Å². The van der Waals surface area contributed by atoms with E-state index in [2.05, 4.69) is 25.1 Å². The quantitative estimate of drug-likeness (QED) is 0.459. The van der Waals surface area contributed by atoms with Crippen molar-refractivity contribution in [3.63, 3.8) is 0 Å². The van der Waals surface area contributed by atoms with Gasteiger partial charge in [-0.05, 0) is 79.2 Å². The van der Waals surface area contributed by atoms with Crippen molar-refractivity contribution in [1.82, 2.24) is 0 Å². The van der Waals surface area contributed by atoms with Gasteiger partial charge in [-0.2, -0.15) is 0 Å². The molecule has 0 N–H and O–H groups in total. The Morgan fingerprint density at radius 1 is 1.21 bits per heavy atom. The van der Waals surface area contributed by atoms with Crippen molar-refractivity contribution in [2.24, 2.45) is 28.2 Å². The van der Waals surface area contributed by atoms with Crippen LogP contribution in [-0.2, 0) is 11.2 Å². The Bertz CT molecular complexity index is 1140. The highest BCUT2D eigenvalue weighted by atomic mass is 16.6. The van der Waals surface area contributed by atoms with Crippen LogP contribution < -0.4 is 4.74 Å². The molecule has 6 heteroatoms. The van der Waals surface area contributed by atoms with Crippen LogP contribution in [0.5, 0.6) is 5.75 Å². The number of non-ortho nitro benzene ring substituents is 1. The van der Waals surface area contributed by atoms with E-state index < -0.39 is 0 Å². The maximum Gasteiger partial charge on any atom is 0.270 e. The van der Waals surface area contributed by atoms with Crippen molar-refractivity contribution < 1.29 is 14.4 Å². The highest BCUT2D eigenvalue weighted by Crippen LogP contribution is 2.63. The number of ether oxygens (including phenoxy) is 2. The first-order valence-corrected chi connectivity index (χ1v) is 12.1. The van der Waals surface area contributed by atoms with Crippen LogP contribution in [0.15, 0.2) is 47.5 Å². The normalized spacial score (nSPS) is 34.1. The Morgan fingerprint density at radius 3 is 2.91 bits per heavy atom. The molecule has 6 atom stereocenters. The second kappa shape index (κ2) is 7.57. The molecule has 2 aromatic rings. The second-order valence-electron chi connectivity index (χ2n) is 10.5. The van der Waals surface area contributed by atoms with E-state index in [0.29, 0.717) is 35.1 Å². The van der Waals surface area contributed by atoms with Crippen LogP contribution in [0, 0.1) is 33.3 Å². The van der Waals surface area contributed by atoms with Gasteiger partial charge in [-0.1, -0.05) is 19.1 Å². The topological polar surface area (TPSA) is 74.0 Å². The number of hydrogen-bond acceptors (Lipinski definition) is 5. The van der Waals surface area contributed by atoms with Gasteiger partial charge in [-0.3, -0.25) is 15.1 Å². The van der Waals surface area contributed by atoms with Gasteiger partial charge < -0.3 is 9.47 Å². The Hall–Kier alpha value is -2.89. The van der Waals surface area contributed by atoms with Gasteiger partial charge in [-0.15, -0.1) is 0 Å². The predicted molar refractivity (Wildman–Crippen MR) is 126 cm³/mol. The van der Waals surface area contributed by atoms with E-state index in [4.69, 9.17) is 14.5 Å². The van der Waals surface area contributed by atoms with Crippen LogP contribution in [0.2, 0.25) is 0 Å². The SMILES string of the molecule is COc1ccc2c(c1)CC[C@@H]1[C@@H]2CC[C@@]2(C)[C@H]1C[C@@H]1CN=C(c3cccc([N+](=O)[O-])c3)O[C@@H]12. The van der Waals surface area contributed by atoms with Crippen molar-refractivity contribution >= 4 is 11.6 Å². The molecule has 2 fully saturated rings. The lowest BCUT2D eigenvalue weighted by atomic mass is 9.55. The lowest BCUT2D eigenvalue weighted by Gasteiger charge is -2.50. The third-order valence-electron chi connectivity index (χ3n) is 9.02. The maximum atomic E-state index is 11.2. The number of nitro benzene ring substituents is 1. The van der Waals surface area contributed by atoms with E-state index in [-0.39, 0.29) is 22.1 Å². The number of methoxy groups -OCH3 is 1. The number of fused-ring (bicyclic) bond motifs is 7. The summed E-state index contributed by atoms with van der Waals surface area (Å²) >= 11 is 0. The molecule has 0 aromatic heterocycles. The summed E-state index contributed by atoms with van der Waals surface area (Å²) in [5, 5.41) is 11.2. The highest BCUT2D eigenvalue weighted by Gasteiger charge is 2.60. The first kappa shape index (κ1) is 20.7. The fraction of sp³-hybridized carbons (Fsp3) is 0.519. The average Bonchev–Trinajstić information content (AvgIpc) is 3.15. The smallest absolute Gasteiger partial charge is 0.270 e. The number of rotatable bonds is 3. The zero-order chi connectivity index (χ0) is 22.7. The number of nitro groups is 1. The average molecular weight is 447 g/mol. The molecule has 0 bridgehead atoms. The highest BCUT2D eigenvalue weighted by molar-refractivity contribution is 5.95. The lowest BCUT2D eigenvalue weighted by Crippen LogP contribution is -2.47. The molecule has 6 nitrogen and oxygen atoms in total. The van der Waals surface area contributed by atoms with E-state index in [1.807, 2.05) is 6.07 Å². The molecule has 33 heavy (non-hydrogen) atoms. The van der Waals surface area contributed by atoms with Crippen molar-refractivity contribution in [2.45, 2.75) is 51.0 Å². The fourth-order valence-corrected chi connectivity index (χ4v) is 7.49. The number of hydrogen-bond donors (Lipinski definition) is 0.